The first kappa shape index (κ1) is 16.7. The molecule has 0 bridgehead atoms. The smallest absolute Gasteiger partial charge is 0.0458 e. The zero-order valence-electron chi connectivity index (χ0n) is 12.8. The molecule has 2 atom stereocenters. The normalized spacial score (nSPS) is 16.9. The summed E-state index contributed by atoms with van der Waals surface area (Å²) in [7, 11) is 0. The number of nitrogens with one attached hydrogen (secondary N) is 1. The Morgan fingerprint density at radius 2 is 1.76 bits per heavy atom. The highest BCUT2D eigenvalue weighted by Gasteiger charge is 2.36. The molecule has 0 heterocycles. The van der Waals surface area contributed by atoms with E-state index in [2.05, 4.69) is 58.3 Å². The van der Waals surface area contributed by atoms with Crippen LogP contribution >= 0.6 is 0 Å². The van der Waals surface area contributed by atoms with Gasteiger partial charge in [-0.3, -0.25) is 4.90 Å². The van der Waals surface area contributed by atoms with Gasteiger partial charge < -0.3 is 5.32 Å². The molecule has 0 aliphatic carbocycles. The topological polar surface area (TPSA) is 15.3 Å². The largest absolute Gasteiger partial charge is 0.309 e. The molecule has 0 aromatic heterocycles. The van der Waals surface area contributed by atoms with Crippen LogP contribution in [0.5, 0.6) is 0 Å². The second-order valence-corrected chi connectivity index (χ2v) is 5.12. The zero-order chi connectivity index (χ0) is 13.5. The molecule has 0 saturated heterocycles. The number of rotatable bonds is 9. The Bertz CT molecular complexity index is 221. The number of nitrogens with zero attached hydrogens (tertiary/aromatic N) is 1. The molecule has 0 rings (SSSR count). The van der Waals surface area contributed by atoms with E-state index < -0.39 is 0 Å². The highest BCUT2D eigenvalue weighted by Crippen LogP contribution is 2.27. The van der Waals surface area contributed by atoms with Crippen molar-refractivity contribution >= 4 is 0 Å². The van der Waals surface area contributed by atoms with E-state index in [9.17, 15) is 0 Å². The van der Waals surface area contributed by atoms with Crippen LogP contribution in [0, 0.1) is 0 Å². The van der Waals surface area contributed by atoms with Gasteiger partial charge in [0.25, 0.3) is 0 Å². The quantitative estimate of drug-likeness (QED) is 0.621. The molecule has 0 aliphatic rings. The lowest BCUT2D eigenvalue weighted by molar-refractivity contribution is 0.0828. The molecular weight excluding hydrogens is 208 g/mol. The van der Waals surface area contributed by atoms with Crippen molar-refractivity contribution < 1.29 is 0 Å². The summed E-state index contributed by atoms with van der Waals surface area (Å²) in [6.45, 7) is 20.9. The second-order valence-electron chi connectivity index (χ2n) is 5.12. The number of likely N-dealkylation sites (N-methyl/N-ethyl adjacent to an activating group) is 1. The summed E-state index contributed by atoms with van der Waals surface area (Å²) in [6.07, 6.45) is 2.31. The maximum Gasteiger partial charge on any atom is 0.0458 e. The van der Waals surface area contributed by atoms with Crippen molar-refractivity contribution in [1.29, 1.82) is 0 Å². The Kier molecular flexibility index (Phi) is 7.73. The molecule has 0 saturated carbocycles. The minimum atomic E-state index is 0.171. The highest BCUT2D eigenvalue weighted by atomic mass is 15.2. The Balaban J connectivity index is 5.03. The molecule has 0 aromatic rings. The van der Waals surface area contributed by atoms with Crippen molar-refractivity contribution in [3.8, 4) is 0 Å². The van der Waals surface area contributed by atoms with Gasteiger partial charge in [-0.25, -0.2) is 0 Å². The summed E-state index contributed by atoms with van der Waals surface area (Å²) in [4.78, 5) is 2.55. The SMILES string of the molecule is C=C(C)C(NCCC)C(C)(CC)N(CC)CC. The van der Waals surface area contributed by atoms with Crippen LogP contribution in [0.3, 0.4) is 0 Å². The van der Waals surface area contributed by atoms with Crippen LogP contribution in [-0.2, 0) is 0 Å². The van der Waals surface area contributed by atoms with Gasteiger partial charge in [-0.15, -0.1) is 0 Å². The molecule has 0 aromatic carbocycles. The first-order valence-corrected chi connectivity index (χ1v) is 7.11. The van der Waals surface area contributed by atoms with E-state index in [0.29, 0.717) is 6.04 Å². The summed E-state index contributed by atoms with van der Waals surface area (Å²) in [5.41, 5.74) is 1.42. The van der Waals surface area contributed by atoms with Gasteiger partial charge in [0.05, 0.1) is 0 Å². The van der Waals surface area contributed by atoms with Crippen LogP contribution in [0.2, 0.25) is 0 Å². The van der Waals surface area contributed by atoms with E-state index in [4.69, 9.17) is 0 Å². The predicted molar refractivity (Wildman–Crippen MR) is 78.5 cm³/mol. The fourth-order valence-corrected chi connectivity index (χ4v) is 2.77. The predicted octanol–water partition coefficient (Wildman–Crippen LogP) is 3.44. The van der Waals surface area contributed by atoms with Crippen molar-refractivity contribution in [3.63, 3.8) is 0 Å². The van der Waals surface area contributed by atoms with E-state index in [1.807, 2.05) is 0 Å². The summed E-state index contributed by atoms with van der Waals surface area (Å²) in [6, 6.07) is 0.382. The van der Waals surface area contributed by atoms with Gasteiger partial charge in [0.2, 0.25) is 0 Å². The van der Waals surface area contributed by atoms with Gasteiger partial charge in [0.15, 0.2) is 0 Å². The maximum atomic E-state index is 4.18. The molecule has 2 heteroatoms. The molecule has 2 nitrogen and oxygen atoms in total. The lowest BCUT2D eigenvalue weighted by Crippen LogP contribution is -2.59. The fourth-order valence-electron chi connectivity index (χ4n) is 2.77. The van der Waals surface area contributed by atoms with Crippen molar-refractivity contribution in [1.82, 2.24) is 10.2 Å². The second kappa shape index (κ2) is 7.88. The molecule has 0 radical (unpaired) electrons. The van der Waals surface area contributed by atoms with Crippen molar-refractivity contribution in [2.75, 3.05) is 19.6 Å². The van der Waals surface area contributed by atoms with Crippen molar-refractivity contribution in [3.05, 3.63) is 12.2 Å². The third kappa shape index (κ3) is 4.11. The van der Waals surface area contributed by atoms with Crippen LogP contribution < -0.4 is 5.32 Å². The minimum absolute atomic E-state index is 0.171. The fraction of sp³-hybridized carbons (Fsp3) is 0.867. The standard InChI is InChI=1S/C15H32N2/c1-8-12-16-14(13(5)6)15(7,9-2)17(10-3)11-4/h14,16H,5,8-12H2,1-4,6-7H3. The van der Waals surface area contributed by atoms with Gasteiger partial charge in [0, 0.05) is 11.6 Å². The molecular formula is C15H32N2. The van der Waals surface area contributed by atoms with E-state index in [0.717, 1.165) is 26.1 Å². The van der Waals surface area contributed by atoms with Crippen LogP contribution in [0.1, 0.15) is 54.4 Å². The molecule has 0 fully saturated rings. The third-order valence-electron chi connectivity index (χ3n) is 3.91. The summed E-state index contributed by atoms with van der Waals surface area (Å²) in [5.74, 6) is 0. The number of hydrogen-bond acceptors (Lipinski definition) is 2. The third-order valence-corrected chi connectivity index (χ3v) is 3.91. The Labute approximate surface area is 108 Å². The van der Waals surface area contributed by atoms with E-state index >= 15 is 0 Å². The Hall–Kier alpha value is -0.340. The van der Waals surface area contributed by atoms with Gasteiger partial charge in [-0.05, 0) is 46.3 Å². The molecule has 0 spiro atoms. The first-order valence-electron chi connectivity index (χ1n) is 7.11. The van der Waals surface area contributed by atoms with E-state index in [-0.39, 0.29) is 5.54 Å². The number of hydrogen-bond donors (Lipinski definition) is 1. The van der Waals surface area contributed by atoms with Gasteiger partial charge in [-0.1, -0.05) is 39.8 Å². The molecule has 17 heavy (non-hydrogen) atoms. The Morgan fingerprint density at radius 1 is 1.24 bits per heavy atom. The average Bonchev–Trinajstić information content (AvgIpc) is 2.30. The highest BCUT2D eigenvalue weighted by molar-refractivity contribution is 5.13. The van der Waals surface area contributed by atoms with E-state index in [1.165, 1.54) is 12.0 Å². The lowest BCUT2D eigenvalue weighted by Gasteiger charge is -2.46. The van der Waals surface area contributed by atoms with Crippen LogP contribution in [0.25, 0.3) is 0 Å². The van der Waals surface area contributed by atoms with Gasteiger partial charge in [-0.2, -0.15) is 0 Å². The zero-order valence-corrected chi connectivity index (χ0v) is 12.8. The van der Waals surface area contributed by atoms with Crippen LogP contribution in [-0.4, -0.2) is 36.1 Å². The molecule has 1 N–H and O–H groups in total. The first-order chi connectivity index (χ1) is 7.97. The average molecular weight is 240 g/mol. The maximum absolute atomic E-state index is 4.18. The molecule has 0 aliphatic heterocycles. The van der Waals surface area contributed by atoms with E-state index in [1.54, 1.807) is 0 Å². The Morgan fingerprint density at radius 3 is 2.06 bits per heavy atom. The van der Waals surface area contributed by atoms with Crippen molar-refractivity contribution in [2.45, 2.75) is 66.0 Å². The summed E-state index contributed by atoms with van der Waals surface area (Å²) < 4.78 is 0. The van der Waals surface area contributed by atoms with Crippen molar-refractivity contribution in [2.24, 2.45) is 0 Å². The lowest BCUT2D eigenvalue weighted by atomic mass is 9.83. The van der Waals surface area contributed by atoms with Gasteiger partial charge in [0.1, 0.15) is 0 Å². The minimum Gasteiger partial charge on any atom is -0.309 e. The summed E-state index contributed by atoms with van der Waals surface area (Å²) >= 11 is 0. The summed E-state index contributed by atoms with van der Waals surface area (Å²) in [5, 5.41) is 3.67. The van der Waals surface area contributed by atoms with Crippen LogP contribution in [0.15, 0.2) is 12.2 Å². The molecule has 102 valence electrons. The van der Waals surface area contributed by atoms with Crippen LogP contribution in [0.4, 0.5) is 0 Å². The molecule has 2 unspecified atom stereocenters. The monoisotopic (exact) mass is 240 g/mol. The van der Waals surface area contributed by atoms with Gasteiger partial charge >= 0.3 is 0 Å². The molecule has 0 amide bonds.